The number of Topliss-reactive ketones (excluding diaryl/α,β-unsaturated/α-hetero) is 1. The lowest BCUT2D eigenvalue weighted by atomic mass is 9.81. The van der Waals surface area contributed by atoms with Crippen molar-refractivity contribution in [2.24, 2.45) is 5.92 Å². The molecule has 0 heterocycles. The molecule has 1 atom stereocenters. The number of aryl methyl sites for hydroxylation is 1. The fraction of sp³-hybridized carbons (Fsp3) is 0.562. The second-order valence-corrected chi connectivity index (χ2v) is 5.76. The Morgan fingerprint density at radius 2 is 1.95 bits per heavy atom. The van der Waals surface area contributed by atoms with E-state index >= 15 is 0 Å². The zero-order chi connectivity index (χ0) is 12.5. The van der Waals surface area contributed by atoms with Crippen LogP contribution in [0.15, 0.2) is 24.3 Å². The molecular weight excluding hydrogens is 258 g/mol. The van der Waals surface area contributed by atoms with E-state index in [4.69, 9.17) is 0 Å². The highest BCUT2D eigenvalue weighted by atomic mass is 35.5. The Morgan fingerprint density at radius 3 is 2.68 bits per heavy atom. The Kier molecular flexibility index (Phi) is 4.64. The summed E-state index contributed by atoms with van der Waals surface area (Å²) in [6.07, 6.45) is 5.82. The van der Waals surface area contributed by atoms with Crippen molar-refractivity contribution in [3.8, 4) is 0 Å². The Hall–Kier alpha value is -0.860. The summed E-state index contributed by atoms with van der Waals surface area (Å²) in [4.78, 5) is 14.8. The predicted molar refractivity (Wildman–Crippen MR) is 80.1 cm³/mol. The number of hydrogen-bond acceptors (Lipinski definition) is 2. The van der Waals surface area contributed by atoms with E-state index in [9.17, 15) is 4.79 Å². The van der Waals surface area contributed by atoms with Crippen molar-refractivity contribution in [3.63, 3.8) is 0 Å². The minimum absolute atomic E-state index is 0. The van der Waals surface area contributed by atoms with Crippen molar-refractivity contribution in [1.29, 1.82) is 0 Å². The Balaban J connectivity index is 0.00000133. The molecule has 1 unspecified atom stereocenters. The number of rotatable bonds is 4. The molecule has 19 heavy (non-hydrogen) atoms. The average molecular weight is 280 g/mol. The van der Waals surface area contributed by atoms with Crippen LogP contribution in [0.1, 0.15) is 41.6 Å². The van der Waals surface area contributed by atoms with Crippen LogP contribution in [0.3, 0.4) is 0 Å². The maximum atomic E-state index is 12.4. The first-order valence-electron chi connectivity index (χ1n) is 7.08. The first-order chi connectivity index (χ1) is 8.75. The van der Waals surface area contributed by atoms with Crippen LogP contribution in [0, 0.1) is 5.92 Å². The molecular formula is C16H22ClNO. The van der Waals surface area contributed by atoms with Gasteiger partial charge in [0.1, 0.15) is 0 Å². The third-order valence-corrected chi connectivity index (χ3v) is 4.42. The lowest BCUT2D eigenvalue weighted by Gasteiger charge is -2.25. The van der Waals surface area contributed by atoms with Gasteiger partial charge in [0.25, 0.3) is 0 Å². The van der Waals surface area contributed by atoms with Gasteiger partial charge in [-0.25, -0.2) is 0 Å². The second kappa shape index (κ2) is 6.06. The number of hydrogen-bond donors (Lipinski definition) is 0. The van der Waals surface area contributed by atoms with Gasteiger partial charge in [0.15, 0.2) is 5.78 Å². The summed E-state index contributed by atoms with van der Waals surface area (Å²) in [7, 11) is 2.19. The smallest absolute Gasteiger partial charge is 0.166 e. The van der Waals surface area contributed by atoms with Crippen molar-refractivity contribution in [1.82, 2.24) is 4.90 Å². The van der Waals surface area contributed by atoms with E-state index in [1.807, 2.05) is 18.2 Å². The summed E-state index contributed by atoms with van der Waals surface area (Å²) in [6, 6.07) is 8.91. The monoisotopic (exact) mass is 279 g/mol. The summed E-state index contributed by atoms with van der Waals surface area (Å²) in [5, 5.41) is 0. The van der Waals surface area contributed by atoms with Crippen LogP contribution in [0.2, 0.25) is 0 Å². The van der Waals surface area contributed by atoms with Crippen LogP contribution in [-0.4, -0.2) is 30.3 Å². The maximum absolute atomic E-state index is 12.4. The SMILES string of the molecule is CN(CCC1CCc2ccccc2C1=O)C1CC1.Cl. The zero-order valence-corrected chi connectivity index (χ0v) is 12.3. The molecule has 0 aliphatic heterocycles. The fourth-order valence-corrected chi connectivity index (χ4v) is 2.99. The van der Waals surface area contributed by atoms with Gasteiger partial charge in [0.05, 0.1) is 0 Å². The van der Waals surface area contributed by atoms with Crippen molar-refractivity contribution >= 4 is 18.2 Å². The molecule has 2 nitrogen and oxygen atoms in total. The minimum atomic E-state index is 0. The van der Waals surface area contributed by atoms with Crippen molar-refractivity contribution in [2.45, 2.75) is 38.1 Å². The van der Waals surface area contributed by atoms with E-state index < -0.39 is 0 Å². The second-order valence-electron chi connectivity index (χ2n) is 5.76. The van der Waals surface area contributed by atoms with Gasteiger partial charge < -0.3 is 4.90 Å². The Bertz CT molecular complexity index is 456. The number of nitrogens with zero attached hydrogens (tertiary/aromatic N) is 1. The van der Waals surface area contributed by atoms with Gasteiger partial charge in [-0.2, -0.15) is 0 Å². The topological polar surface area (TPSA) is 20.3 Å². The summed E-state index contributed by atoms with van der Waals surface area (Å²) >= 11 is 0. The molecule has 0 N–H and O–H groups in total. The predicted octanol–water partition coefficient (Wildman–Crippen LogP) is 3.34. The van der Waals surface area contributed by atoms with Gasteiger partial charge in [0, 0.05) is 17.5 Å². The first-order valence-corrected chi connectivity index (χ1v) is 7.08. The van der Waals surface area contributed by atoms with Gasteiger partial charge in [-0.1, -0.05) is 24.3 Å². The van der Waals surface area contributed by atoms with E-state index in [0.717, 1.165) is 37.4 Å². The summed E-state index contributed by atoms with van der Waals surface area (Å²) in [5.74, 6) is 0.627. The summed E-state index contributed by atoms with van der Waals surface area (Å²) < 4.78 is 0. The molecule has 1 aromatic carbocycles. The first kappa shape index (κ1) is 14.5. The van der Waals surface area contributed by atoms with Gasteiger partial charge in [-0.15, -0.1) is 12.4 Å². The van der Waals surface area contributed by atoms with E-state index in [1.54, 1.807) is 0 Å². The highest BCUT2D eigenvalue weighted by Gasteiger charge is 2.29. The zero-order valence-electron chi connectivity index (χ0n) is 11.5. The average Bonchev–Trinajstić information content (AvgIpc) is 3.22. The maximum Gasteiger partial charge on any atom is 0.166 e. The molecule has 0 saturated heterocycles. The van der Waals surface area contributed by atoms with Crippen LogP contribution in [0.4, 0.5) is 0 Å². The molecule has 2 aliphatic carbocycles. The fourth-order valence-electron chi connectivity index (χ4n) is 2.99. The quantitative estimate of drug-likeness (QED) is 0.843. The van der Waals surface area contributed by atoms with Gasteiger partial charge in [-0.3, -0.25) is 4.79 Å². The largest absolute Gasteiger partial charge is 0.303 e. The van der Waals surface area contributed by atoms with E-state index in [-0.39, 0.29) is 18.3 Å². The third kappa shape index (κ3) is 3.18. The normalized spacial score (nSPS) is 22.0. The number of ketones is 1. The minimum Gasteiger partial charge on any atom is -0.303 e. The van der Waals surface area contributed by atoms with Gasteiger partial charge in [0.2, 0.25) is 0 Å². The number of fused-ring (bicyclic) bond motifs is 1. The third-order valence-electron chi connectivity index (χ3n) is 4.42. The van der Waals surface area contributed by atoms with E-state index in [1.165, 1.54) is 18.4 Å². The molecule has 3 heteroatoms. The number of halogens is 1. The van der Waals surface area contributed by atoms with Gasteiger partial charge in [-0.05, 0) is 51.3 Å². The van der Waals surface area contributed by atoms with Crippen molar-refractivity contribution in [3.05, 3.63) is 35.4 Å². The molecule has 104 valence electrons. The molecule has 0 bridgehead atoms. The standard InChI is InChI=1S/C16H21NO.ClH/c1-17(14-8-9-14)11-10-13-7-6-12-4-2-3-5-15(12)16(13)18;/h2-5,13-14H,6-11H2,1H3;1H. The molecule has 0 radical (unpaired) electrons. The lowest BCUT2D eigenvalue weighted by Crippen LogP contribution is -2.29. The molecule has 3 rings (SSSR count). The number of carbonyl (C=O) groups is 1. The molecule has 1 fully saturated rings. The van der Waals surface area contributed by atoms with Gasteiger partial charge >= 0.3 is 0 Å². The Labute approximate surface area is 121 Å². The van der Waals surface area contributed by atoms with Crippen LogP contribution < -0.4 is 0 Å². The molecule has 1 aromatic rings. The molecule has 1 saturated carbocycles. The highest BCUT2D eigenvalue weighted by Crippen LogP contribution is 2.29. The van der Waals surface area contributed by atoms with Crippen LogP contribution >= 0.6 is 12.4 Å². The van der Waals surface area contributed by atoms with E-state index in [2.05, 4.69) is 18.0 Å². The lowest BCUT2D eigenvalue weighted by molar-refractivity contribution is 0.0885. The highest BCUT2D eigenvalue weighted by molar-refractivity contribution is 6.00. The Morgan fingerprint density at radius 1 is 1.21 bits per heavy atom. The summed E-state index contributed by atoms with van der Waals surface area (Å²) in [5.41, 5.74) is 2.22. The van der Waals surface area contributed by atoms with Crippen molar-refractivity contribution < 1.29 is 4.79 Å². The number of carbonyl (C=O) groups excluding carboxylic acids is 1. The number of benzene rings is 1. The molecule has 2 aliphatic rings. The molecule has 0 amide bonds. The summed E-state index contributed by atoms with van der Waals surface area (Å²) in [6.45, 7) is 1.07. The van der Waals surface area contributed by atoms with Crippen LogP contribution in [0.5, 0.6) is 0 Å². The van der Waals surface area contributed by atoms with Crippen molar-refractivity contribution in [2.75, 3.05) is 13.6 Å². The van der Waals surface area contributed by atoms with Crippen LogP contribution in [0.25, 0.3) is 0 Å². The molecule has 0 spiro atoms. The van der Waals surface area contributed by atoms with Crippen LogP contribution in [-0.2, 0) is 6.42 Å². The van der Waals surface area contributed by atoms with E-state index in [0.29, 0.717) is 5.78 Å². The molecule has 0 aromatic heterocycles.